The van der Waals surface area contributed by atoms with Crippen molar-refractivity contribution in [2.75, 3.05) is 0 Å². The summed E-state index contributed by atoms with van der Waals surface area (Å²) in [4.78, 5) is 8.05. The molecule has 5 rings (SSSR count). The van der Waals surface area contributed by atoms with E-state index in [1.54, 1.807) is 0 Å². The number of nitrogens with zero attached hydrogens (tertiary/aromatic N) is 1. The molecule has 0 unspecified atom stereocenters. The highest BCUT2D eigenvalue weighted by atomic mass is 16.5. The second-order valence-electron chi connectivity index (χ2n) is 7.78. The van der Waals surface area contributed by atoms with E-state index in [1.165, 1.54) is 27.5 Å². The normalized spacial score (nSPS) is 11.3. The van der Waals surface area contributed by atoms with Crippen LogP contribution in [-0.4, -0.2) is 9.97 Å². The van der Waals surface area contributed by atoms with Crippen molar-refractivity contribution in [3.63, 3.8) is 0 Å². The Balaban J connectivity index is 1.37. The first kappa shape index (κ1) is 19.3. The van der Waals surface area contributed by atoms with Crippen molar-refractivity contribution in [2.45, 2.75) is 26.6 Å². The summed E-state index contributed by atoms with van der Waals surface area (Å²) in [5, 5.41) is 5.97. The lowest BCUT2D eigenvalue weighted by Gasteiger charge is -2.16. The molecule has 0 aliphatic rings. The molecule has 0 spiro atoms. The maximum Gasteiger partial charge on any atom is 0.124 e. The van der Waals surface area contributed by atoms with Crippen molar-refractivity contribution in [1.29, 1.82) is 0 Å². The number of imidazole rings is 1. The van der Waals surface area contributed by atoms with Gasteiger partial charge in [-0.2, -0.15) is 0 Å². The molecular weight excluding hydrogens is 382 g/mol. The smallest absolute Gasteiger partial charge is 0.124 e. The lowest BCUT2D eigenvalue weighted by Crippen LogP contribution is -2.15. The van der Waals surface area contributed by atoms with Gasteiger partial charge in [-0.3, -0.25) is 0 Å². The molecule has 0 saturated carbocycles. The summed E-state index contributed by atoms with van der Waals surface area (Å²) in [6.07, 6.45) is 0. The molecule has 1 heterocycles. The minimum atomic E-state index is 0.557. The molecule has 1 aromatic heterocycles. The van der Waals surface area contributed by atoms with Gasteiger partial charge in [0.25, 0.3) is 0 Å². The van der Waals surface area contributed by atoms with Crippen LogP contribution in [0.3, 0.4) is 0 Å². The van der Waals surface area contributed by atoms with Crippen LogP contribution in [0.4, 0.5) is 0 Å². The number of aromatic nitrogens is 2. The summed E-state index contributed by atoms with van der Waals surface area (Å²) in [7, 11) is 0. The fraction of sp³-hybridized carbons (Fsp3) is 0.148. The van der Waals surface area contributed by atoms with Gasteiger partial charge >= 0.3 is 0 Å². The maximum atomic E-state index is 6.30. The Hall–Kier alpha value is -3.63. The summed E-state index contributed by atoms with van der Waals surface area (Å²) >= 11 is 0. The number of aryl methyl sites for hydroxylation is 1. The first-order chi connectivity index (χ1) is 15.3. The largest absolute Gasteiger partial charge is 0.489 e. The van der Waals surface area contributed by atoms with Crippen molar-refractivity contribution in [3.05, 3.63) is 107 Å². The van der Waals surface area contributed by atoms with Gasteiger partial charge in [-0.1, -0.05) is 66.7 Å². The van der Waals surface area contributed by atoms with E-state index in [1.807, 2.05) is 24.3 Å². The lowest BCUT2D eigenvalue weighted by molar-refractivity contribution is 0.302. The molecule has 0 fully saturated rings. The Morgan fingerprint density at radius 2 is 1.65 bits per heavy atom. The van der Waals surface area contributed by atoms with E-state index in [2.05, 4.69) is 82.9 Å². The Labute approximate surface area is 181 Å². The molecule has 4 aromatic carbocycles. The predicted octanol–water partition coefficient (Wildman–Crippen LogP) is 5.89. The molecule has 5 aromatic rings. The minimum Gasteiger partial charge on any atom is -0.489 e. The topological polar surface area (TPSA) is 49.9 Å². The molecule has 154 valence electrons. The Morgan fingerprint density at radius 3 is 2.55 bits per heavy atom. The molecule has 4 nitrogen and oxygen atoms in total. The molecule has 4 heteroatoms. The van der Waals surface area contributed by atoms with E-state index in [0.717, 1.165) is 22.6 Å². The highest BCUT2D eigenvalue weighted by Crippen LogP contribution is 2.29. The van der Waals surface area contributed by atoms with Crippen molar-refractivity contribution in [1.82, 2.24) is 15.3 Å². The molecular formula is C27H25N3O. The number of ether oxygens (including phenoxy) is 1. The standard InChI is InChI=1S/C27H25N3O/c1-19-8-2-3-10-21(19)18-31-26-15-14-20-9-4-5-11-22(20)23(26)16-28-17-27-29-24-12-6-7-13-25(24)30-27/h2-15,28H,16-18H2,1H3,(H,29,30). The maximum absolute atomic E-state index is 6.30. The van der Waals surface area contributed by atoms with Crippen LogP contribution in [0.2, 0.25) is 0 Å². The minimum absolute atomic E-state index is 0.557. The summed E-state index contributed by atoms with van der Waals surface area (Å²) in [6, 6.07) is 29.1. The van der Waals surface area contributed by atoms with Gasteiger partial charge in [0, 0.05) is 12.1 Å². The Morgan fingerprint density at radius 1 is 0.839 bits per heavy atom. The van der Waals surface area contributed by atoms with Gasteiger partial charge in [-0.25, -0.2) is 4.98 Å². The molecule has 0 radical (unpaired) electrons. The van der Waals surface area contributed by atoms with Gasteiger partial charge in [-0.05, 0) is 47.0 Å². The van der Waals surface area contributed by atoms with E-state index >= 15 is 0 Å². The van der Waals surface area contributed by atoms with Gasteiger partial charge in [0.05, 0.1) is 17.6 Å². The SMILES string of the molecule is Cc1ccccc1COc1ccc2ccccc2c1CNCc1nc2ccccc2[nH]1. The average molecular weight is 408 g/mol. The number of benzene rings is 4. The fourth-order valence-electron chi connectivity index (χ4n) is 3.96. The van der Waals surface area contributed by atoms with Gasteiger partial charge in [-0.15, -0.1) is 0 Å². The van der Waals surface area contributed by atoms with Crippen LogP contribution in [0.5, 0.6) is 5.75 Å². The van der Waals surface area contributed by atoms with E-state index in [0.29, 0.717) is 19.7 Å². The zero-order valence-electron chi connectivity index (χ0n) is 17.6. The van der Waals surface area contributed by atoms with Crippen molar-refractivity contribution < 1.29 is 4.74 Å². The molecule has 0 aliphatic carbocycles. The van der Waals surface area contributed by atoms with Gasteiger partial charge in [0.2, 0.25) is 0 Å². The number of fused-ring (bicyclic) bond motifs is 2. The van der Waals surface area contributed by atoms with Crippen molar-refractivity contribution >= 4 is 21.8 Å². The van der Waals surface area contributed by atoms with E-state index in [-0.39, 0.29) is 0 Å². The number of rotatable bonds is 7. The molecule has 0 saturated heterocycles. The van der Waals surface area contributed by atoms with Crippen molar-refractivity contribution in [3.8, 4) is 5.75 Å². The van der Waals surface area contributed by atoms with Gasteiger partial charge < -0.3 is 15.0 Å². The first-order valence-corrected chi connectivity index (χ1v) is 10.6. The van der Waals surface area contributed by atoms with Crippen LogP contribution in [-0.2, 0) is 19.7 Å². The third kappa shape index (κ3) is 4.16. The van der Waals surface area contributed by atoms with Crippen LogP contribution < -0.4 is 10.1 Å². The van der Waals surface area contributed by atoms with Crippen molar-refractivity contribution in [2.24, 2.45) is 0 Å². The Kier molecular flexibility index (Phi) is 5.38. The van der Waals surface area contributed by atoms with Crippen LogP contribution in [0.25, 0.3) is 21.8 Å². The summed E-state index contributed by atoms with van der Waals surface area (Å²) in [5.41, 5.74) is 5.67. The molecule has 0 aliphatic heterocycles. The molecule has 31 heavy (non-hydrogen) atoms. The number of para-hydroxylation sites is 2. The van der Waals surface area contributed by atoms with Crippen LogP contribution in [0, 0.1) is 6.92 Å². The molecule has 2 N–H and O–H groups in total. The summed E-state index contributed by atoms with van der Waals surface area (Å²) in [5.74, 6) is 1.85. The number of H-pyrrole nitrogens is 1. The highest BCUT2D eigenvalue weighted by molar-refractivity contribution is 5.87. The van der Waals surface area contributed by atoms with Crippen LogP contribution >= 0.6 is 0 Å². The van der Waals surface area contributed by atoms with Gasteiger partial charge in [0.15, 0.2) is 0 Å². The third-order valence-electron chi connectivity index (χ3n) is 5.67. The average Bonchev–Trinajstić information content (AvgIpc) is 3.22. The number of nitrogens with one attached hydrogen (secondary N) is 2. The number of hydrogen-bond donors (Lipinski definition) is 2. The van der Waals surface area contributed by atoms with Crippen LogP contribution in [0.1, 0.15) is 22.5 Å². The fourth-order valence-corrected chi connectivity index (χ4v) is 3.96. The highest BCUT2D eigenvalue weighted by Gasteiger charge is 2.10. The molecule has 0 atom stereocenters. The predicted molar refractivity (Wildman–Crippen MR) is 126 cm³/mol. The summed E-state index contributed by atoms with van der Waals surface area (Å²) < 4.78 is 6.30. The molecule has 0 bridgehead atoms. The first-order valence-electron chi connectivity index (χ1n) is 10.6. The quantitative estimate of drug-likeness (QED) is 0.353. The van der Waals surface area contributed by atoms with E-state index < -0.39 is 0 Å². The van der Waals surface area contributed by atoms with E-state index in [9.17, 15) is 0 Å². The van der Waals surface area contributed by atoms with E-state index in [4.69, 9.17) is 4.74 Å². The lowest BCUT2D eigenvalue weighted by atomic mass is 10.0. The number of hydrogen-bond acceptors (Lipinski definition) is 3. The van der Waals surface area contributed by atoms with Crippen LogP contribution in [0.15, 0.2) is 84.9 Å². The number of aromatic amines is 1. The monoisotopic (exact) mass is 407 g/mol. The molecule has 0 amide bonds. The zero-order valence-corrected chi connectivity index (χ0v) is 17.6. The second-order valence-corrected chi connectivity index (χ2v) is 7.78. The Bertz CT molecular complexity index is 1310. The summed E-state index contributed by atoms with van der Waals surface area (Å²) in [6.45, 7) is 4.03. The third-order valence-corrected chi connectivity index (χ3v) is 5.67. The van der Waals surface area contributed by atoms with Gasteiger partial charge in [0.1, 0.15) is 18.2 Å². The zero-order chi connectivity index (χ0) is 21.0. The second kappa shape index (κ2) is 8.62.